The average molecular weight is 483 g/mol. The van der Waals surface area contributed by atoms with Crippen LogP contribution in [0.2, 0.25) is 5.02 Å². The van der Waals surface area contributed by atoms with E-state index in [-0.39, 0.29) is 47.4 Å². The fraction of sp³-hybridized carbons (Fsp3) is 0.538. The van der Waals surface area contributed by atoms with Crippen molar-refractivity contribution in [1.29, 1.82) is 0 Å². The first-order chi connectivity index (χ1) is 10.8. The van der Waals surface area contributed by atoms with E-state index >= 15 is 0 Å². The topological polar surface area (TPSA) is 81.8 Å². The highest BCUT2D eigenvalue weighted by molar-refractivity contribution is 14.0. The molecule has 0 bridgehead atoms. The molecule has 138 valence electrons. The summed E-state index contributed by atoms with van der Waals surface area (Å²) in [4.78, 5) is 7.61. The Morgan fingerprint density at radius 1 is 1.42 bits per heavy atom. The van der Waals surface area contributed by atoms with E-state index in [1.54, 1.807) is 7.11 Å². The molecule has 0 aliphatic carbocycles. The lowest BCUT2D eigenvalue weighted by atomic mass is 10.3. The van der Waals surface area contributed by atoms with Crippen LogP contribution in [0, 0.1) is 0 Å². The zero-order valence-electron chi connectivity index (χ0n) is 12.9. The van der Waals surface area contributed by atoms with E-state index in [2.05, 4.69) is 15.3 Å². The quantitative estimate of drug-likeness (QED) is 0.258. The number of nitrogens with two attached hydrogens (primary N) is 1. The molecular weight excluding hydrogens is 464 g/mol. The number of rotatable bonds is 8. The van der Waals surface area contributed by atoms with Crippen LogP contribution in [0.4, 0.5) is 13.2 Å². The molecule has 0 spiro atoms. The maximum Gasteiger partial charge on any atom is 0.417 e. The second-order valence-electron chi connectivity index (χ2n) is 4.40. The van der Waals surface area contributed by atoms with E-state index < -0.39 is 11.7 Å². The first-order valence-electron chi connectivity index (χ1n) is 6.73. The number of nitrogens with zero attached hydrogens (tertiary/aromatic N) is 2. The third kappa shape index (κ3) is 8.73. The molecule has 0 fully saturated rings. The summed E-state index contributed by atoms with van der Waals surface area (Å²) in [6.45, 7) is 1.65. The Bertz CT molecular complexity index is 532. The van der Waals surface area contributed by atoms with Gasteiger partial charge in [0.1, 0.15) is 5.02 Å². The molecule has 11 heteroatoms. The Kier molecular flexibility index (Phi) is 11.0. The summed E-state index contributed by atoms with van der Waals surface area (Å²) in [5.74, 6) is 0.238. The minimum Gasteiger partial charge on any atom is -0.477 e. The zero-order valence-corrected chi connectivity index (χ0v) is 16.0. The highest BCUT2D eigenvalue weighted by Crippen LogP contribution is 2.33. The van der Waals surface area contributed by atoms with Crippen molar-refractivity contribution in [1.82, 2.24) is 10.3 Å². The van der Waals surface area contributed by atoms with Crippen LogP contribution < -0.4 is 15.8 Å². The monoisotopic (exact) mass is 482 g/mol. The van der Waals surface area contributed by atoms with Crippen LogP contribution in [0.3, 0.4) is 0 Å². The van der Waals surface area contributed by atoms with Gasteiger partial charge in [0.2, 0.25) is 5.88 Å². The fourth-order valence-corrected chi connectivity index (χ4v) is 1.68. The van der Waals surface area contributed by atoms with Gasteiger partial charge in [-0.05, 0) is 6.07 Å². The number of nitrogens with one attached hydrogen (secondary N) is 1. The van der Waals surface area contributed by atoms with Crippen LogP contribution in [0.5, 0.6) is 5.88 Å². The van der Waals surface area contributed by atoms with Gasteiger partial charge >= 0.3 is 6.18 Å². The molecule has 6 nitrogen and oxygen atoms in total. The highest BCUT2D eigenvalue weighted by atomic mass is 127. The number of guanidine groups is 1. The van der Waals surface area contributed by atoms with Gasteiger partial charge in [0, 0.05) is 32.8 Å². The van der Waals surface area contributed by atoms with E-state index in [1.807, 2.05) is 0 Å². The van der Waals surface area contributed by atoms with Gasteiger partial charge in [-0.1, -0.05) is 11.6 Å². The second-order valence-corrected chi connectivity index (χ2v) is 4.80. The SMILES string of the molecule is COCCNC(N)=NCCCOc1ncc(C(F)(F)F)cc1Cl.I. The van der Waals surface area contributed by atoms with Crippen molar-refractivity contribution in [2.24, 2.45) is 10.7 Å². The number of methoxy groups -OCH3 is 1. The Morgan fingerprint density at radius 2 is 2.12 bits per heavy atom. The summed E-state index contributed by atoms with van der Waals surface area (Å²) in [7, 11) is 1.58. The Morgan fingerprint density at radius 3 is 2.71 bits per heavy atom. The lowest BCUT2D eigenvalue weighted by molar-refractivity contribution is -0.137. The summed E-state index contributed by atoms with van der Waals surface area (Å²) in [5.41, 5.74) is 4.67. The molecule has 0 aromatic carbocycles. The van der Waals surface area contributed by atoms with Crippen molar-refractivity contribution >= 4 is 41.5 Å². The third-order valence-electron chi connectivity index (χ3n) is 2.57. The molecule has 0 aliphatic rings. The Labute approximate surface area is 160 Å². The molecule has 1 rings (SSSR count). The van der Waals surface area contributed by atoms with Crippen molar-refractivity contribution in [3.05, 3.63) is 22.8 Å². The minimum absolute atomic E-state index is 0. The van der Waals surface area contributed by atoms with Gasteiger partial charge < -0.3 is 20.5 Å². The average Bonchev–Trinajstić information content (AvgIpc) is 2.47. The van der Waals surface area contributed by atoms with Gasteiger partial charge in [0.15, 0.2) is 5.96 Å². The van der Waals surface area contributed by atoms with Crippen molar-refractivity contribution < 1.29 is 22.6 Å². The zero-order chi connectivity index (χ0) is 17.3. The van der Waals surface area contributed by atoms with Crippen LogP contribution in [-0.4, -0.2) is 44.4 Å². The Balaban J connectivity index is 0.00000529. The third-order valence-corrected chi connectivity index (χ3v) is 2.84. The summed E-state index contributed by atoms with van der Waals surface area (Å²) in [6, 6.07) is 0.778. The van der Waals surface area contributed by atoms with E-state index in [0.29, 0.717) is 32.3 Å². The lowest BCUT2D eigenvalue weighted by Crippen LogP contribution is -2.34. The molecule has 0 unspecified atom stereocenters. The van der Waals surface area contributed by atoms with Gasteiger partial charge in [-0.25, -0.2) is 4.98 Å². The number of aliphatic imine (C=N–C) groups is 1. The first-order valence-corrected chi connectivity index (χ1v) is 7.10. The number of hydrogen-bond donors (Lipinski definition) is 2. The molecule has 24 heavy (non-hydrogen) atoms. The van der Waals surface area contributed by atoms with Gasteiger partial charge in [0.25, 0.3) is 0 Å². The molecular formula is C13H19ClF3IN4O2. The standard InChI is InChI=1S/C13H18ClF3N4O2.HI/c1-22-6-4-20-12(18)19-3-2-5-23-11-10(14)7-9(8-21-11)13(15,16)17;/h7-8H,2-6H2,1H3,(H3,18,19,20);1H. The first kappa shape index (κ1) is 23.0. The van der Waals surface area contributed by atoms with Crippen LogP contribution in [0.1, 0.15) is 12.0 Å². The predicted octanol–water partition coefficient (Wildman–Crippen LogP) is 2.69. The summed E-state index contributed by atoms with van der Waals surface area (Å²) < 4.78 is 47.4. The highest BCUT2D eigenvalue weighted by Gasteiger charge is 2.31. The van der Waals surface area contributed by atoms with Crippen LogP contribution in [-0.2, 0) is 10.9 Å². The van der Waals surface area contributed by atoms with Gasteiger partial charge in [-0.15, -0.1) is 24.0 Å². The van der Waals surface area contributed by atoms with Crippen LogP contribution in [0.25, 0.3) is 0 Å². The van der Waals surface area contributed by atoms with Crippen LogP contribution in [0.15, 0.2) is 17.3 Å². The normalized spacial score (nSPS) is 11.8. The van der Waals surface area contributed by atoms with Gasteiger partial charge in [0.05, 0.1) is 18.8 Å². The molecule has 1 heterocycles. The number of alkyl halides is 3. The second kappa shape index (κ2) is 11.5. The summed E-state index contributed by atoms with van der Waals surface area (Å²) >= 11 is 5.71. The minimum atomic E-state index is -4.49. The fourth-order valence-electron chi connectivity index (χ4n) is 1.46. The number of hydrogen-bond acceptors (Lipinski definition) is 4. The van der Waals surface area contributed by atoms with E-state index in [4.69, 9.17) is 26.8 Å². The molecule has 1 aromatic heterocycles. The van der Waals surface area contributed by atoms with Gasteiger partial charge in [-0.2, -0.15) is 13.2 Å². The van der Waals surface area contributed by atoms with E-state index in [9.17, 15) is 13.2 Å². The molecule has 0 aliphatic heterocycles. The molecule has 0 atom stereocenters. The van der Waals surface area contributed by atoms with Crippen molar-refractivity contribution in [3.8, 4) is 5.88 Å². The van der Waals surface area contributed by atoms with Gasteiger partial charge in [-0.3, -0.25) is 4.99 Å². The predicted molar refractivity (Wildman–Crippen MR) is 96.1 cm³/mol. The molecule has 0 saturated carbocycles. The molecule has 1 aromatic rings. The smallest absolute Gasteiger partial charge is 0.417 e. The number of ether oxygens (including phenoxy) is 2. The number of halogens is 5. The van der Waals surface area contributed by atoms with Crippen LogP contribution >= 0.6 is 35.6 Å². The van der Waals surface area contributed by atoms with E-state index in [1.165, 1.54) is 0 Å². The maximum absolute atomic E-state index is 12.5. The lowest BCUT2D eigenvalue weighted by Gasteiger charge is -2.10. The molecule has 3 N–H and O–H groups in total. The maximum atomic E-state index is 12.5. The van der Waals surface area contributed by atoms with Crippen molar-refractivity contribution in [2.45, 2.75) is 12.6 Å². The largest absolute Gasteiger partial charge is 0.477 e. The number of aromatic nitrogens is 1. The van der Waals surface area contributed by atoms with Crippen molar-refractivity contribution in [2.75, 3.05) is 33.4 Å². The summed E-state index contributed by atoms with van der Waals surface area (Å²) in [5, 5.41) is 2.65. The Hall–Kier alpha value is -1.01. The van der Waals surface area contributed by atoms with Crippen molar-refractivity contribution in [3.63, 3.8) is 0 Å². The van der Waals surface area contributed by atoms with E-state index in [0.717, 1.165) is 6.07 Å². The number of pyridine rings is 1. The molecule has 0 saturated heterocycles. The molecule has 0 radical (unpaired) electrons. The molecule has 0 amide bonds. The summed E-state index contributed by atoms with van der Waals surface area (Å²) in [6.07, 6.45) is -3.31.